The minimum atomic E-state index is -4.02. The topological polar surface area (TPSA) is 177 Å². The molecule has 2 aliphatic rings. The number of rotatable bonds is 4. The van der Waals surface area contributed by atoms with Gasteiger partial charge in [-0.2, -0.15) is 8.42 Å². The van der Waals surface area contributed by atoms with Crippen molar-refractivity contribution in [2.24, 2.45) is 0 Å². The van der Waals surface area contributed by atoms with Gasteiger partial charge in [-0.05, 0) is 26.0 Å². The van der Waals surface area contributed by atoms with Crippen LogP contribution in [-0.2, 0) is 36.1 Å². The van der Waals surface area contributed by atoms with Crippen LogP contribution >= 0.6 is 0 Å². The third-order valence-electron chi connectivity index (χ3n) is 5.31. The van der Waals surface area contributed by atoms with E-state index in [-0.39, 0.29) is 17.9 Å². The van der Waals surface area contributed by atoms with Gasteiger partial charge < -0.3 is 10.0 Å². The number of aryl methyl sites for hydroxylation is 1. The van der Waals surface area contributed by atoms with E-state index in [1.807, 2.05) is 6.92 Å². The first-order chi connectivity index (χ1) is 14.3. The summed E-state index contributed by atoms with van der Waals surface area (Å²) >= 11 is 0. The quantitative estimate of drug-likeness (QED) is 0.444. The van der Waals surface area contributed by atoms with E-state index in [2.05, 4.69) is 10.3 Å². The van der Waals surface area contributed by atoms with Crippen LogP contribution in [0.5, 0.6) is 0 Å². The Balaban J connectivity index is 0.000000210. The fraction of sp³-hybridized carbons (Fsp3) is 0.412. The Morgan fingerprint density at radius 1 is 1.29 bits per heavy atom. The van der Waals surface area contributed by atoms with Gasteiger partial charge in [-0.25, -0.2) is 13.2 Å². The fourth-order valence-electron chi connectivity index (χ4n) is 3.64. The second kappa shape index (κ2) is 7.69. The molecule has 2 saturated heterocycles. The Morgan fingerprint density at radius 2 is 1.90 bits per heavy atom. The fourth-order valence-corrected chi connectivity index (χ4v) is 6.48. The molecular formula is C17H20N4O8S2. The van der Waals surface area contributed by atoms with E-state index in [1.165, 1.54) is 36.1 Å². The average molecular weight is 473 g/mol. The minimum Gasteiger partial charge on any atom is -0.480 e. The number of nitrogens with zero attached hydrogens (tertiary/aromatic N) is 4. The van der Waals surface area contributed by atoms with Crippen LogP contribution in [0.4, 0.5) is 0 Å². The number of carbonyl (C=O) groups excluding carboxylic acids is 1. The molecule has 2 N–H and O–H groups in total. The lowest BCUT2D eigenvalue weighted by Gasteiger charge is -2.35. The normalized spacial score (nSPS) is 26.4. The number of carbonyl (C=O) groups is 2. The van der Waals surface area contributed by atoms with Crippen LogP contribution < -0.4 is 0 Å². The summed E-state index contributed by atoms with van der Waals surface area (Å²) in [7, 11) is -7.81. The van der Waals surface area contributed by atoms with E-state index in [9.17, 15) is 31.5 Å². The summed E-state index contributed by atoms with van der Waals surface area (Å²) in [6, 6.07) is 4.59. The molecule has 3 atom stereocenters. The van der Waals surface area contributed by atoms with Crippen LogP contribution in [0, 0.1) is 6.92 Å². The van der Waals surface area contributed by atoms with Crippen molar-refractivity contribution in [3.05, 3.63) is 42.2 Å². The van der Waals surface area contributed by atoms with Crippen molar-refractivity contribution < 1.29 is 36.1 Å². The van der Waals surface area contributed by atoms with E-state index < -0.39 is 48.0 Å². The second-order valence-electron chi connectivity index (χ2n) is 7.45. The molecule has 1 amide bonds. The van der Waals surface area contributed by atoms with Crippen molar-refractivity contribution in [1.82, 2.24) is 19.9 Å². The van der Waals surface area contributed by atoms with Crippen molar-refractivity contribution in [2.75, 3.05) is 0 Å². The van der Waals surface area contributed by atoms with Gasteiger partial charge in [0.15, 0.2) is 15.9 Å². The van der Waals surface area contributed by atoms with E-state index in [0.717, 1.165) is 10.5 Å². The molecule has 2 aliphatic heterocycles. The van der Waals surface area contributed by atoms with Crippen LogP contribution in [0.2, 0.25) is 0 Å². The number of benzene rings is 1. The summed E-state index contributed by atoms with van der Waals surface area (Å²) < 4.78 is 54.3. The lowest BCUT2D eigenvalue weighted by atomic mass is 9.96. The number of fused-ring (bicyclic) bond motifs is 1. The molecule has 3 heterocycles. The number of hydrogen-bond donors (Lipinski definition) is 2. The highest BCUT2D eigenvalue weighted by Gasteiger charge is 2.70. The summed E-state index contributed by atoms with van der Waals surface area (Å²) in [6.45, 7) is 3.02. The zero-order valence-electron chi connectivity index (χ0n) is 16.5. The van der Waals surface area contributed by atoms with Crippen molar-refractivity contribution in [3.63, 3.8) is 0 Å². The number of amides is 1. The molecule has 31 heavy (non-hydrogen) atoms. The molecule has 0 aliphatic carbocycles. The molecule has 12 nitrogen and oxygen atoms in total. The zero-order chi connectivity index (χ0) is 23.2. The monoisotopic (exact) mass is 472 g/mol. The van der Waals surface area contributed by atoms with Gasteiger partial charge in [-0.3, -0.25) is 14.0 Å². The number of β-lactam (4-membered cyclic amide) rings is 1. The van der Waals surface area contributed by atoms with Crippen molar-refractivity contribution in [3.8, 4) is 0 Å². The minimum absolute atomic E-state index is 0.0666. The van der Waals surface area contributed by atoms with Gasteiger partial charge in [-0.15, -0.1) is 5.10 Å². The van der Waals surface area contributed by atoms with Crippen molar-refractivity contribution >= 4 is 31.8 Å². The number of hydrogen-bond acceptors (Lipinski definition) is 8. The van der Waals surface area contributed by atoms with E-state index in [0.29, 0.717) is 0 Å². The maximum absolute atomic E-state index is 12.5. The molecule has 14 heteroatoms. The molecule has 1 aromatic heterocycles. The lowest BCUT2D eigenvalue weighted by molar-refractivity contribution is -0.157. The molecule has 1 aromatic carbocycles. The number of carboxylic acid groups (broad SMARTS) is 1. The van der Waals surface area contributed by atoms with Crippen LogP contribution in [0.15, 0.2) is 41.6 Å². The Morgan fingerprint density at radius 3 is 2.35 bits per heavy atom. The standard InChI is InChI=1S/C10H12N4O5S.C7H8O3S/c1-10(5-13-3-2-11-12-13)8(9(16)17)14-6(15)4-7(14)20(10,18)19;1-6-2-4-7(5-3-6)11(8,9)10/h2-3,7-8H,4-5H2,1H3,(H,16,17);2-5H,1H3,(H,8,9,10)/t7-,8+,10+;/m1./s1. The third-order valence-corrected chi connectivity index (χ3v) is 8.94. The largest absolute Gasteiger partial charge is 0.480 e. The first kappa shape index (κ1) is 22.8. The van der Waals surface area contributed by atoms with E-state index in [1.54, 1.807) is 12.1 Å². The van der Waals surface area contributed by atoms with Gasteiger partial charge >= 0.3 is 5.97 Å². The molecule has 2 fully saturated rings. The third kappa shape index (κ3) is 3.93. The average Bonchev–Trinajstić information content (AvgIpc) is 3.20. The molecule has 4 rings (SSSR count). The van der Waals surface area contributed by atoms with Crippen LogP contribution in [0.1, 0.15) is 18.9 Å². The van der Waals surface area contributed by atoms with E-state index in [4.69, 9.17) is 4.55 Å². The second-order valence-corrected chi connectivity index (χ2v) is 11.4. The number of aliphatic carboxylic acids is 1. The smallest absolute Gasteiger partial charge is 0.328 e. The molecule has 2 aromatic rings. The molecular weight excluding hydrogens is 452 g/mol. The molecule has 0 unspecified atom stereocenters. The highest BCUT2D eigenvalue weighted by atomic mass is 32.2. The zero-order valence-corrected chi connectivity index (χ0v) is 18.1. The van der Waals surface area contributed by atoms with Gasteiger partial charge in [0.1, 0.15) is 10.1 Å². The van der Waals surface area contributed by atoms with Crippen LogP contribution in [0.3, 0.4) is 0 Å². The Kier molecular flexibility index (Phi) is 5.67. The van der Waals surface area contributed by atoms with Crippen LogP contribution in [-0.4, -0.2) is 74.4 Å². The number of aromatic nitrogens is 3. The molecule has 0 saturated carbocycles. The SMILES string of the molecule is C[C@]1(Cn2ccnn2)[C@H](C(=O)O)N2C(=O)C[C@H]2S1(=O)=O.Cc1ccc(S(=O)(=O)O)cc1. The lowest BCUT2D eigenvalue weighted by Crippen LogP contribution is -2.58. The van der Waals surface area contributed by atoms with Crippen molar-refractivity contribution in [2.45, 2.75) is 47.9 Å². The number of carboxylic acids is 1. The van der Waals surface area contributed by atoms with Gasteiger partial charge in [0.05, 0.1) is 24.1 Å². The highest BCUT2D eigenvalue weighted by Crippen LogP contribution is 2.46. The van der Waals surface area contributed by atoms with Gasteiger partial charge in [-0.1, -0.05) is 22.9 Å². The molecule has 0 bridgehead atoms. The maximum atomic E-state index is 12.5. The number of sulfone groups is 1. The molecule has 168 valence electrons. The Bertz CT molecular complexity index is 1210. The van der Waals surface area contributed by atoms with Gasteiger partial charge in [0.25, 0.3) is 10.1 Å². The maximum Gasteiger partial charge on any atom is 0.328 e. The predicted octanol–water partition coefficient (Wildman–Crippen LogP) is -0.281. The Hall–Kier alpha value is -2.84. The molecule has 0 spiro atoms. The van der Waals surface area contributed by atoms with Gasteiger partial charge in [0.2, 0.25) is 5.91 Å². The predicted molar refractivity (Wildman–Crippen MR) is 105 cm³/mol. The highest BCUT2D eigenvalue weighted by molar-refractivity contribution is 7.93. The van der Waals surface area contributed by atoms with E-state index >= 15 is 0 Å². The summed E-state index contributed by atoms with van der Waals surface area (Å²) in [6.07, 6.45) is 2.68. The first-order valence-electron chi connectivity index (χ1n) is 8.95. The summed E-state index contributed by atoms with van der Waals surface area (Å²) in [4.78, 5) is 23.9. The van der Waals surface area contributed by atoms with Gasteiger partial charge in [0, 0.05) is 6.20 Å². The summed E-state index contributed by atoms with van der Waals surface area (Å²) in [5, 5.41) is 15.6. The first-order valence-corrected chi connectivity index (χ1v) is 11.9. The Labute approximate surface area is 178 Å². The van der Waals surface area contributed by atoms with Crippen LogP contribution in [0.25, 0.3) is 0 Å². The molecule has 0 radical (unpaired) electrons. The summed E-state index contributed by atoms with van der Waals surface area (Å²) in [5.74, 6) is -1.78. The van der Waals surface area contributed by atoms with Crippen molar-refractivity contribution in [1.29, 1.82) is 0 Å². The summed E-state index contributed by atoms with van der Waals surface area (Å²) in [5.41, 5.74) is 0.956.